The maximum absolute atomic E-state index is 10.8. The third-order valence-corrected chi connectivity index (χ3v) is 4.47. The van der Waals surface area contributed by atoms with Gasteiger partial charge in [0.2, 0.25) is 0 Å². The van der Waals surface area contributed by atoms with Crippen molar-refractivity contribution in [3.8, 4) is 0 Å². The number of carbonyl (C=O) groups excluding carboxylic acids is 1. The number of aromatic nitrogens is 2. The monoisotopic (exact) mass is 348 g/mol. The van der Waals surface area contributed by atoms with Gasteiger partial charge in [-0.2, -0.15) is 0 Å². The van der Waals surface area contributed by atoms with Crippen molar-refractivity contribution < 1.29 is 14.3 Å². The molecule has 0 aliphatic carbocycles. The van der Waals surface area contributed by atoms with Crippen LogP contribution in [0.5, 0.6) is 0 Å². The fourth-order valence-electron chi connectivity index (χ4n) is 2.20. The van der Waals surface area contributed by atoms with Crippen LogP contribution in [0, 0.1) is 0 Å². The summed E-state index contributed by atoms with van der Waals surface area (Å²) in [6.07, 6.45) is 0. The zero-order valence-corrected chi connectivity index (χ0v) is 15.2. The van der Waals surface area contributed by atoms with Gasteiger partial charge in [-0.15, -0.1) is 0 Å². The van der Waals surface area contributed by atoms with Gasteiger partial charge in [-0.05, 0) is 31.9 Å². The maximum atomic E-state index is 10.8. The second kappa shape index (κ2) is 8.19. The minimum absolute atomic E-state index is 0.161. The Balaban J connectivity index is 2.19. The minimum atomic E-state index is -1.31. The Morgan fingerprint density at radius 3 is 2.54 bits per heavy atom. The molecule has 0 aliphatic rings. The Morgan fingerprint density at radius 2 is 2.00 bits per heavy atom. The molecule has 2 heterocycles. The van der Waals surface area contributed by atoms with E-state index in [4.69, 9.17) is 4.42 Å². The zero-order chi connectivity index (χ0) is 17.7. The highest BCUT2D eigenvalue weighted by Crippen LogP contribution is 2.26. The van der Waals surface area contributed by atoms with Gasteiger partial charge < -0.3 is 19.2 Å². The predicted octanol–water partition coefficient (Wildman–Crippen LogP) is 2.70. The van der Waals surface area contributed by atoms with Crippen LogP contribution in [-0.4, -0.2) is 29.0 Å². The standard InChI is InChI=1S/C17H23N3O3S/c1-5-20(6-2)15-9-13(11(3)4)18-17(19-15)24-10-12-7-8-14(23-12)16(21)22/h7-9,11H,5-6,10H2,1-4H3,(H,21,22)/p-1. The number of thioether (sulfide) groups is 1. The first kappa shape index (κ1) is 18.3. The lowest BCUT2D eigenvalue weighted by atomic mass is 10.1. The van der Waals surface area contributed by atoms with E-state index < -0.39 is 5.97 Å². The molecule has 0 saturated heterocycles. The number of hydrogen-bond donors (Lipinski definition) is 0. The summed E-state index contributed by atoms with van der Waals surface area (Å²) >= 11 is 1.43. The SMILES string of the molecule is CCN(CC)c1cc(C(C)C)nc(SCc2ccc(C(=O)[O-])o2)n1. The topological polar surface area (TPSA) is 82.3 Å². The molecule has 0 spiro atoms. The molecule has 0 saturated carbocycles. The van der Waals surface area contributed by atoms with Crippen molar-refractivity contribution in [3.05, 3.63) is 35.4 Å². The van der Waals surface area contributed by atoms with E-state index in [1.807, 2.05) is 6.07 Å². The van der Waals surface area contributed by atoms with Crippen LogP contribution in [0.25, 0.3) is 0 Å². The highest BCUT2D eigenvalue weighted by molar-refractivity contribution is 7.98. The summed E-state index contributed by atoms with van der Waals surface area (Å²) < 4.78 is 5.22. The first-order valence-electron chi connectivity index (χ1n) is 8.01. The van der Waals surface area contributed by atoms with E-state index in [9.17, 15) is 9.90 Å². The third kappa shape index (κ3) is 4.50. The molecule has 0 unspecified atom stereocenters. The first-order chi connectivity index (χ1) is 11.4. The number of nitrogens with zero attached hydrogens (tertiary/aromatic N) is 3. The van der Waals surface area contributed by atoms with E-state index in [1.165, 1.54) is 17.8 Å². The van der Waals surface area contributed by atoms with Crippen LogP contribution in [0.2, 0.25) is 0 Å². The van der Waals surface area contributed by atoms with Crippen LogP contribution in [0.1, 0.15) is 55.6 Å². The predicted molar refractivity (Wildman–Crippen MR) is 92.3 cm³/mol. The number of carboxylic acid groups (broad SMARTS) is 1. The van der Waals surface area contributed by atoms with Gasteiger partial charge in [-0.1, -0.05) is 25.6 Å². The second-order valence-electron chi connectivity index (χ2n) is 5.60. The smallest absolute Gasteiger partial charge is 0.190 e. The summed E-state index contributed by atoms with van der Waals surface area (Å²) in [5, 5.41) is 11.4. The molecule has 130 valence electrons. The average Bonchev–Trinajstić information content (AvgIpc) is 3.03. The number of carboxylic acids is 1. The number of anilines is 1. The largest absolute Gasteiger partial charge is 0.542 e. The molecule has 0 radical (unpaired) electrons. The Hall–Kier alpha value is -2.02. The van der Waals surface area contributed by atoms with Gasteiger partial charge in [-0.3, -0.25) is 0 Å². The van der Waals surface area contributed by atoms with Crippen molar-refractivity contribution in [2.45, 2.75) is 44.5 Å². The fraction of sp³-hybridized carbons (Fsp3) is 0.471. The Labute approximate surface area is 146 Å². The van der Waals surface area contributed by atoms with Crippen LogP contribution in [0.3, 0.4) is 0 Å². The molecular formula is C17H22N3O3S-. The van der Waals surface area contributed by atoms with Crippen LogP contribution >= 0.6 is 11.8 Å². The van der Waals surface area contributed by atoms with E-state index in [0.717, 1.165) is 24.6 Å². The summed E-state index contributed by atoms with van der Waals surface area (Å²) in [5.74, 6) is 0.763. The summed E-state index contributed by atoms with van der Waals surface area (Å²) in [7, 11) is 0. The summed E-state index contributed by atoms with van der Waals surface area (Å²) in [5.41, 5.74) is 0.990. The van der Waals surface area contributed by atoms with E-state index in [2.05, 4.69) is 42.6 Å². The molecular weight excluding hydrogens is 326 g/mol. The summed E-state index contributed by atoms with van der Waals surface area (Å²) in [6.45, 7) is 10.1. The number of hydrogen-bond acceptors (Lipinski definition) is 7. The molecule has 6 nitrogen and oxygen atoms in total. The van der Waals surface area contributed by atoms with Gasteiger partial charge in [0, 0.05) is 24.8 Å². The Kier molecular flexibility index (Phi) is 6.25. The molecule has 0 amide bonds. The quantitative estimate of drug-likeness (QED) is 0.536. The van der Waals surface area contributed by atoms with Crippen LogP contribution in [0.4, 0.5) is 5.82 Å². The molecule has 0 aromatic carbocycles. The van der Waals surface area contributed by atoms with Crippen molar-refractivity contribution >= 4 is 23.5 Å². The maximum Gasteiger partial charge on any atom is 0.190 e. The van der Waals surface area contributed by atoms with Gasteiger partial charge in [0.1, 0.15) is 23.3 Å². The molecule has 0 fully saturated rings. The summed E-state index contributed by atoms with van der Waals surface area (Å²) in [4.78, 5) is 22.1. The molecule has 7 heteroatoms. The fourth-order valence-corrected chi connectivity index (χ4v) is 2.96. The van der Waals surface area contributed by atoms with E-state index in [1.54, 1.807) is 6.07 Å². The molecule has 0 N–H and O–H groups in total. The second-order valence-corrected chi connectivity index (χ2v) is 6.55. The van der Waals surface area contributed by atoms with Crippen molar-refractivity contribution in [2.24, 2.45) is 0 Å². The number of furan rings is 1. The molecule has 2 rings (SSSR count). The molecule has 0 bridgehead atoms. The van der Waals surface area contributed by atoms with Crippen molar-refractivity contribution in [1.82, 2.24) is 9.97 Å². The van der Waals surface area contributed by atoms with Crippen molar-refractivity contribution in [2.75, 3.05) is 18.0 Å². The lowest BCUT2D eigenvalue weighted by Crippen LogP contribution is -2.23. The van der Waals surface area contributed by atoms with Gasteiger partial charge in [0.25, 0.3) is 0 Å². The molecule has 0 aliphatic heterocycles. The molecule has 2 aromatic heterocycles. The number of aromatic carboxylic acids is 1. The Bertz CT molecular complexity index is 696. The van der Waals surface area contributed by atoms with Gasteiger partial charge in [0.15, 0.2) is 5.16 Å². The van der Waals surface area contributed by atoms with E-state index in [-0.39, 0.29) is 5.76 Å². The zero-order valence-electron chi connectivity index (χ0n) is 14.4. The van der Waals surface area contributed by atoms with Gasteiger partial charge >= 0.3 is 0 Å². The van der Waals surface area contributed by atoms with Crippen LogP contribution in [-0.2, 0) is 5.75 Å². The van der Waals surface area contributed by atoms with E-state index >= 15 is 0 Å². The number of carbonyl (C=O) groups is 1. The minimum Gasteiger partial charge on any atom is -0.542 e. The normalized spacial score (nSPS) is 11.0. The van der Waals surface area contributed by atoms with E-state index in [0.29, 0.717) is 22.6 Å². The lowest BCUT2D eigenvalue weighted by molar-refractivity contribution is -0.257. The van der Waals surface area contributed by atoms with Gasteiger partial charge in [0.05, 0.1) is 5.75 Å². The van der Waals surface area contributed by atoms with Crippen LogP contribution in [0.15, 0.2) is 27.8 Å². The molecule has 0 atom stereocenters. The highest BCUT2D eigenvalue weighted by Gasteiger charge is 2.13. The number of rotatable bonds is 8. The van der Waals surface area contributed by atoms with Crippen LogP contribution < -0.4 is 10.0 Å². The molecule has 24 heavy (non-hydrogen) atoms. The lowest BCUT2D eigenvalue weighted by Gasteiger charge is -2.21. The highest BCUT2D eigenvalue weighted by atomic mass is 32.2. The Morgan fingerprint density at radius 1 is 1.29 bits per heavy atom. The van der Waals surface area contributed by atoms with Gasteiger partial charge in [-0.25, -0.2) is 9.97 Å². The summed E-state index contributed by atoms with van der Waals surface area (Å²) in [6, 6.07) is 5.07. The third-order valence-electron chi connectivity index (χ3n) is 3.60. The van der Waals surface area contributed by atoms with Crippen molar-refractivity contribution in [1.29, 1.82) is 0 Å². The average molecular weight is 348 g/mol. The molecule has 2 aromatic rings. The first-order valence-corrected chi connectivity index (χ1v) is 8.99. The van der Waals surface area contributed by atoms with Crippen molar-refractivity contribution in [3.63, 3.8) is 0 Å².